The van der Waals surface area contributed by atoms with E-state index in [-0.39, 0.29) is 0 Å². The molecular formula is C8H11N3. The molecule has 0 N–H and O–H groups in total. The molecule has 1 aromatic rings. The van der Waals surface area contributed by atoms with E-state index in [0.717, 1.165) is 18.7 Å². The van der Waals surface area contributed by atoms with Crippen LogP contribution in [0.4, 0.5) is 0 Å². The second kappa shape index (κ2) is 3.20. The second-order valence-corrected chi connectivity index (χ2v) is 2.48. The van der Waals surface area contributed by atoms with E-state index < -0.39 is 0 Å². The predicted octanol–water partition coefficient (Wildman–Crippen LogP) is 1.47. The number of aryl methyl sites for hydroxylation is 1. The van der Waals surface area contributed by atoms with Crippen molar-refractivity contribution in [1.82, 2.24) is 9.78 Å². The smallest absolute Gasteiger partial charge is 0.103 e. The van der Waals surface area contributed by atoms with Gasteiger partial charge in [-0.2, -0.15) is 10.4 Å². The Labute approximate surface area is 66.3 Å². The van der Waals surface area contributed by atoms with Crippen LogP contribution in [-0.2, 0) is 6.54 Å². The van der Waals surface area contributed by atoms with Gasteiger partial charge in [0.1, 0.15) is 6.07 Å². The quantitative estimate of drug-likeness (QED) is 0.639. The molecule has 0 aliphatic rings. The van der Waals surface area contributed by atoms with Gasteiger partial charge in [0.25, 0.3) is 0 Å². The van der Waals surface area contributed by atoms with E-state index in [2.05, 4.69) is 18.1 Å². The first-order chi connectivity index (χ1) is 5.29. The molecule has 0 unspecified atom stereocenters. The Bertz CT molecular complexity index is 280. The zero-order valence-corrected chi connectivity index (χ0v) is 6.83. The highest BCUT2D eigenvalue weighted by Gasteiger charge is 2.02. The van der Waals surface area contributed by atoms with E-state index in [1.54, 1.807) is 6.20 Å². The zero-order chi connectivity index (χ0) is 8.27. The third-order valence-corrected chi connectivity index (χ3v) is 1.66. The molecule has 0 atom stereocenters. The largest absolute Gasteiger partial charge is 0.269 e. The van der Waals surface area contributed by atoms with Crippen LogP contribution in [0.15, 0.2) is 6.20 Å². The van der Waals surface area contributed by atoms with Gasteiger partial charge in [0, 0.05) is 6.54 Å². The van der Waals surface area contributed by atoms with Crippen LogP contribution < -0.4 is 0 Å². The summed E-state index contributed by atoms with van der Waals surface area (Å²) in [6, 6.07) is 2.09. The summed E-state index contributed by atoms with van der Waals surface area (Å²) in [5.74, 6) is 0. The second-order valence-electron chi connectivity index (χ2n) is 2.48. The highest BCUT2D eigenvalue weighted by molar-refractivity contribution is 5.29. The molecule has 0 saturated heterocycles. The van der Waals surface area contributed by atoms with E-state index in [9.17, 15) is 0 Å². The van der Waals surface area contributed by atoms with Gasteiger partial charge in [-0.1, -0.05) is 6.92 Å². The Morgan fingerprint density at radius 1 is 1.73 bits per heavy atom. The van der Waals surface area contributed by atoms with Crippen LogP contribution in [0.25, 0.3) is 0 Å². The molecule has 0 bridgehead atoms. The van der Waals surface area contributed by atoms with Gasteiger partial charge in [0.15, 0.2) is 0 Å². The van der Waals surface area contributed by atoms with Crippen molar-refractivity contribution in [2.75, 3.05) is 0 Å². The van der Waals surface area contributed by atoms with E-state index in [4.69, 9.17) is 5.26 Å². The monoisotopic (exact) mass is 149 g/mol. The standard InChI is InChI=1S/C8H11N3/c1-3-4-11-7(2)8(5-9)6-10-11/h6H,3-4H2,1-2H3. The number of hydrogen-bond donors (Lipinski definition) is 0. The molecule has 0 fully saturated rings. The molecule has 3 nitrogen and oxygen atoms in total. The van der Waals surface area contributed by atoms with E-state index in [0.29, 0.717) is 5.56 Å². The molecule has 11 heavy (non-hydrogen) atoms. The first kappa shape index (κ1) is 7.80. The fraction of sp³-hybridized carbons (Fsp3) is 0.500. The van der Waals surface area contributed by atoms with Crippen molar-refractivity contribution < 1.29 is 0 Å². The van der Waals surface area contributed by atoms with E-state index in [1.165, 1.54) is 0 Å². The normalized spacial score (nSPS) is 9.55. The van der Waals surface area contributed by atoms with Crippen LogP contribution in [0.2, 0.25) is 0 Å². The Morgan fingerprint density at radius 3 is 2.91 bits per heavy atom. The maximum atomic E-state index is 8.60. The lowest BCUT2D eigenvalue weighted by molar-refractivity contribution is 0.587. The number of hydrogen-bond acceptors (Lipinski definition) is 2. The first-order valence-electron chi connectivity index (χ1n) is 3.72. The molecule has 1 heterocycles. The van der Waals surface area contributed by atoms with E-state index in [1.807, 2.05) is 11.6 Å². The number of nitrogens with zero attached hydrogens (tertiary/aromatic N) is 3. The lowest BCUT2D eigenvalue weighted by Gasteiger charge is -1.99. The SMILES string of the molecule is CCCn1ncc(C#N)c1C. The molecule has 0 aliphatic carbocycles. The molecule has 0 amide bonds. The zero-order valence-electron chi connectivity index (χ0n) is 6.83. The molecule has 1 aromatic heterocycles. The Kier molecular flexibility index (Phi) is 2.27. The van der Waals surface area contributed by atoms with Crippen LogP contribution in [0, 0.1) is 18.3 Å². The summed E-state index contributed by atoms with van der Waals surface area (Å²) in [5, 5.41) is 12.7. The fourth-order valence-corrected chi connectivity index (χ4v) is 0.993. The minimum absolute atomic E-state index is 0.679. The van der Waals surface area contributed by atoms with E-state index >= 15 is 0 Å². The summed E-state index contributed by atoms with van der Waals surface area (Å²) in [6.45, 7) is 4.90. The lowest BCUT2D eigenvalue weighted by Crippen LogP contribution is -2.00. The highest BCUT2D eigenvalue weighted by Crippen LogP contribution is 2.05. The molecule has 0 aliphatic heterocycles. The van der Waals surface area contributed by atoms with Gasteiger partial charge >= 0.3 is 0 Å². The average Bonchev–Trinajstić information content (AvgIpc) is 2.34. The maximum Gasteiger partial charge on any atom is 0.103 e. The summed E-state index contributed by atoms with van der Waals surface area (Å²) in [7, 11) is 0. The Morgan fingerprint density at radius 2 is 2.45 bits per heavy atom. The van der Waals surface area contributed by atoms with Gasteiger partial charge in [-0.25, -0.2) is 0 Å². The van der Waals surface area contributed by atoms with Crippen LogP contribution in [0.5, 0.6) is 0 Å². The van der Waals surface area contributed by atoms with Gasteiger partial charge in [-0.3, -0.25) is 4.68 Å². The molecular weight excluding hydrogens is 138 g/mol. The van der Waals surface area contributed by atoms with Crippen LogP contribution in [-0.4, -0.2) is 9.78 Å². The summed E-state index contributed by atoms with van der Waals surface area (Å²) in [5.41, 5.74) is 1.65. The lowest BCUT2D eigenvalue weighted by atomic mass is 10.3. The van der Waals surface area contributed by atoms with Crippen LogP contribution >= 0.6 is 0 Å². The van der Waals surface area contributed by atoms with Crippen molar-refractivity contribution in [3.8, 4) is 6.07 Å². The topological polar surface area (TPSA) is 41.6 Å². The summed E-state index contributed by atoms with van der Waals surface area (Å²) < 4.78 is 1.86. The Hall–Kier alpha value is -1.30. The molecule has 0 spiro atoms. The van der Waals surface area contributed by atoms with Gasteiger partial charge in [-0.05, 0) is 13.3 Å². The molecule has 3 heteroatoms. The van der Waals surface area contributed by atoms with Crippen LogP contribution in [0.1, 0.15) is 24.6 Å². The average molecular weight is 149 g/mol. The molecule has 0 radical (unpaired) electrons. The number of nitriles is 1. The highest BCUT2D eigenvalue weighted by atomic mass is 15.3. The summed E-state index contributed by atoms with van der Waals surface area (Å²) in [6.07, 6.45) is 2.67. The van der Waals surface area contributed by atoms with Crippen LogP contribution in [0.3, 0.4) is 0 Å². The van der Waals surface area contributed by atoms with Crippen molar-refractivity contribution in [1.29, 1.82) is 5.26 Å². The third kappa shape index (κ3) is 1.40. The minimum atomic E-state index is 0.679. The van der Waals surface area contributed by atoms with Crippen molar-refractivity contribution in [3.05, 3.63) is 17.5 Å². The van der Waals surface area contributed by atoms with Crippen molar-refractivity contribution in [3.63, 3.8) is 0 Å². The molecule has 1 rings (SSSR count). The molecule has 0 saturated carbocycles. The minimum Gasteiger partial charge on any atom is -0.269 e. The summed E-state index contributed by atoms with van der Waals surface area (Å²) in [4.78, 5) is 0. The molecule has 0 aromatic carbocycles. The third-order valence-electron chi connectivity index (χ3n) is 1.66. The maximum absolute atomic E-state index is 8.60. The Balaban J connectivity index is 2.93. The number of aromatic nitrogens is 2. The molecule has 58 valence electrons. The predicted molar refractivity (Wildman–Crippen MR) is 42.0 cm³/mol. The first-order valence-corrected chi connectivity index (χ1v) is 3.72. The fourth-order valence-electron chi connectivity index (χ4n) is 0.993. The van der Waals surface area contributed by atoms with Gasteiger partial charge in [0.05, 0.1) is 17.5 Å². The van der Waals surface area contributed by atoms with Gasteiger partial charge in [0.2, 0.25) is 0 Å². The van der Waals surface area contributed by atoms with Crippen molar-refractivity contribution >= 4 is 0 Å². The van der Waals surface area contributed by atoms with Gasteiger partial charge in [-0.15, -0.1) is 0 Å². The van der Waals surface area contributed by atoms with Crippen molar-refractivity contribution in [2.24, 2.45) is 0 Å². The van der Waals surface area contributed by atoms with Crippen molar-refractivity contribution in [2.45, 2.75) is 26.8 Å². The summed E-state index contributed by atoms with van der Waals surface area (Å²) >= 11 is 0. The number of rotatable bonds is 2. The van der Waals surface area contributed by atoms with Gasteiger partial charge < -0.3 is 0 Å².